The third-order valence-electron chi connectivity index (χ3n) is 3.99. The molecule has 0 aliphatic carbocycles. The van der Waals surface area contributed by atoms with E-state index < -0.39 is 10.8 Å². The molecule has 0 aromatic carbocycles. The first kappa shape index (κ1) is 14.1. The van der Waals surface area contributed by atoms with E-state index in [4.69, 9.17) is 6.42 Å². The zero-order valence-electron chi connectivity index (χ0n) is 11.6. The Hall–Kier alpha value is -1.34. The minimum absolute atomic E-state index is 0.0926. The van der Waals surface area contributed by atoms with E-state index in [0.29, 0.717) is 16.9 Å². The van der Waals surface area contributed by atoms with Crippen molar-refractivity contribution in [2.75, 3.05) is 5.75 Å². The van der Waals surface area contributed by atoms with Crippen LogP contribution in [-0.2, 0) is 16.2 Å². The zero-order chi connectivity index (χ0) is 14.3. The average Bonchev–Trinajstić information content (AvgIpc) is 2.34. The summed E-state index contributed by atoms with van der Waals surface area (Å²) in [5.74, 6) is 3.18. The van der Waals surface area contributed by atoms with Gasteiger partial charge in [0.2, 0.25) is 0 Å². The molecule has 4 heteroatoms. The van der Waals surface area contributed by atoms with Gasteiger partial charge in [-0.05, 0) is 32.8 Å². The van der Waals surface area contributed by atoms with Gasteiger partial charge in [0.05, 0.1) is 0 Å². The van der Waals surface area contributed by atoms with Gasteiger partial charge in [-0.25, -0.2) is 0 Å². The highest BCUT2D eigenvalue weighted by Gasteiger charge is 2.43. The van der Waals surface area contributed by atoms with Crippen LogP contribution in [0.1, 0.15) is 44.7 Å². The largest absolute Gasteiger partial charge is 0.328 e. The van der Waals surface area contributed by atoms with Crippen molar-refractivity contribution < 1.29 is 4.21 Å². The summed E-state index contributed by atoms with van der Waals surface area (Å²) >= 11 is 0. The van der Waals surface area contributed by atoms with Gasteiger partial charge in [0.25, 0.3) is 5.56 Å². The lowest BCUT2D eigenvalue weighted by Gasteiger charge is -2.41. The molecule has 1 aromatic rings. The van der Waals surface area contributed by atoms with E-state index in [2.05, 4.69) is 17.8 Å². The Kier molecular flexibility index (Phi) is 3.44. The van der Waals surface area contributed by atoms with E-state index in [9.17, 15) is 9.00 Å². The number of aromatic nitrogens is 1. The van der Waals surface area contributed by atoms with Gasteiger partial charge in [-0.3, -0.25) is 9.00 Å². The van der Waals surface area contributed by atoms with E-state index in [1.54, 1.807) is 12.3 Å². The molecule has 0 amide bonds. The second-order valence-electron chi connectivity index (χ2n) is 6.07. The first-order valence-electron chi connectivity index (χ1n) is 6.37. The van der Waals surface area contributed by atoms with Crippen LogP contribution in [0, 0.1) is 12.3 Å². The SMILES string of the molecule is C#Cc1c[nH]c(=O)c([C@]2(C)CCS(=O)C(C)(C)C2)c1. The lowest BCUT2D eigenvalue weighted by molar-refractivity contribution is 0.352. The van der Waals surface area contributed by atoms with Crippen LogP contribution >= 0.6 is 0 Å². The molecule has 1 saturated heterocycles. The van der Waals surface area contributed by atoms with Gasteiger partial charge < -0.3 is 4.98 Å². The molecule has 1 aliphatic heterocycles. The van der Waals surface area contributed by atoms with E-state index in [1.165, 1.54) is 0 Å². The zero-order valence-corrected chi connectivity index (χ0v) is 12.4. The van der Waals surface area contributed by atoms with Gasteiger partial charge in [0.15, 0.2) is 0 Å². The lowest BCUT2D eigenvalue weighted by atomic mass is 9.73. The summed E-state index contributed by atoms with van der Waals surface area (Å²) in [4.78, 5) is 14.8. The van der Waals surface area contributed by atoms with Crippen LogP contribution in [0.5, 0.6) is 0 Å². The fraction of sp³-hybridized carbons (Fsp3) is 0.533. The van der Waals surface area contributed by atoms with Crippen LogP contribution in [0.25, 0.3) is 0 Å². The first-order chi connectivity index (χ1) is 8.78. The molecule has 3 nitrogen and oxygen atoms in total. The molecule has 1 fully saturated rings. The quantitative estimate of drug-likeness (QED) is 0.798. The Labute approximate surface area is 116 Å². The van der Waals surface area contributed by atoms with Crippen LogP contribution < -0.4 is 5.56 Å². The van der Waals surface area contributed by atoms with Gasteiger partial charge >= 0.3 is 0 Å². The smallest absolute Gasteiger partial charge is 0.251 e. The van der Waals surface area contributed by atoms with Crippen molar-refractivity contribution in [3.63, 3.8) is 0 Å². The number of aromatic amines is 1. The molecule has 102 valence electrons. The fourth-order valence-electron chi connectivity index (χ4n) is 2.95. The van der Waals surface area contributed by atoms with E-state index in [1.807, 2.05) is 13.8 Å². The van der Waals surface area contributed by atoms with Gasteiger partial charge in [-0.15, -0.1) is 6.42 Å². The predicted octanol–water partition coefficient (Wildman–Crippen LogP) is 1.94. The van der Waals surface area contributed by atoms with Crippen LogP contribution in [0.2, 0.25) is 0 Å². The maximum Gasteiger partial charge on any atom is 0.251 e. The van der Waals surface area contributed by atoms with Crippen molar-refractivity contribution >= 4 is 10.8 Å². The van der Waals surface area contributed by atoms with Crippen molar-refractivity contribution in [3.8, 4) is 12.3 Å². The number of nitrogens with one attached hydrogen (secondary N) is 1. The maximum absolute atomic E-state index is 12.1. The standard InChI is InChI=1S/C15H19NO2S/c1-5-11-8-12(13(17)16-9-11)15(4)6-7-19(18)14(2,3)10-15/h1,8-9H,6-7,10H2,2-4H3,(H,16,17)/t15-,19?/m1/s1. The number of hydrogen-bond donors (Lipinski definition) is 1. The summed E-state index contributed by atoms with van der Waals surface area (Å²) in [6, 6.07) is 1.79. The molecule has 19 heavy (non-hydrogen) atoms. The highest BCUT2D eigenvalue weighted by molar-refractivity contribution is 7.86. The molecular formula is C15H19NO2S. The number of rotatable bonds is 1. The van der Waals surface area contributed by atoms with Crippen LogP contribution in [0.15, 0.2) is 17.1 Å². The minimum Gasteiger partial charge on any atom is -0.328 e. The number of terminal acetylenes is 1. The van der Waals surface area contributed by atoms with Crippen LogP contribution in [0.4, 0.5) is 0 Å². The Morgan fingerprint density at radius 1 is 1.42 bits per heavy atom. The third-order valence-corrected chi connectivity index (χ3v) is 5.94. The average molecular weight is 277 g/mol. The van der Waals surface area contributed by atoms with E-state index in [-0.39, 0.29) is 15.7 Å². The third kappa shape index (κ3) is 2.52. The summed E-state index contributed by atoms with van der Waals surface area (Å²) in [7, 11) is -0.837. The lowest BCUT2D eigenvalue weighted by Crippen LogP contribution is -2.46. The Morgan fingerprint density at radius 3 is 2.68 bits per heavy atom. The van der Waals surface area contributed by atoms with Crippen LogP contribution in [0.3, 0.4) is 0 Å². The van der Waals surface area contributed by atoms with Gasteiger partial charge in [0, 0.05) is 44.0 Å². The molecular weight excluding hydrogens is 258 g/mol. The van der Waals surface area contributed by atoms with Crippen molar-refractivity contribution in [2.45, 2.75) is 43.8 Å². The second kappa shape index (κ2) is 4.64. The molecule has 2 atom stereocenters. The molecule has 2 rings (SSSR count). The van der Waals surface area contributed by atoms with Crippen molar-refractivity contribution in [1.82, 2.24) is 4.98 Å². The summed E-state index contributed by atoms with van der Waals surface area (Å²) in [6.07, 6.45) is 8.43. The van der Waals surface area contributed by atoms with E-state index >= 15 is 0 Å². The Bertz CT molecular complexity index is 624. The highest BCUT2D eigenvalue weighted by atomic mass is 32.2. The molecule has 1 unspecified atom stereocenters. The molecule has 0 spiro atoms. The molecule has 0 radical (unpaired) electrons. The van der Waals surface area contributed by atoms with Crippen LogP contribution in [-0.4, -0.2) is 19.7 Å². The van der Waals surface area contributed by atoms with Crippen molar-refractivity contribution in [1.29, 1.82) is 0 Å². The van der Waals surface area contributed by atoms with Gasteiger partial charge in [-0.2, -0.15) is 0 Å². The first-order valence-corrected chi connectivity index (χ1v) is 7.69. The van der Waals surface area contributed by atoms with E-state index in [0.717, 1.165) is 12.8 Å². The summed E-state index contributed by atoms with van der Waals surface area (Å²) in [5.41, 5.74) is 1.04. The highest BCUT2D eigenvalue weighted by Crippen LogP contribution is 2.41. The molecule has 1 aliphatic rings. The molecule has 0 saturated carbocycles. The van der Waals surface area contributed by atoms with Crippen molar-refractivity contribution in [2.24, 2.45) is 0 Å². The second-order valence-corrected chi connectivity index (χ2v) is 8.28. The monoisotopic (exact) mass is 277 g/mol. The van der Waals surface area contributed by atoms with Gasteiger partial charge in [-0.1, -0.05) is 12.8 Å². The molecule has 1 aromatic heterocycles. The molecule has 2 heterocycles. The molecule has 0 bridgehead atoms. The minimum atomic E-state index is -0.837. The fourth-order valence-corrected chi connectivity index (χ4v) is 4.62. The normalized spacial score (nSPS) is 29.7. The molecule has 1 N–H and O–H groups in total. The maximum atomic E-state index is 12.1. The Balaban J connectivity index is 2.49. The van der Waals surface area contributed by atoms with Crippen molar-refractivity contribution in [3.05, 3.63) is 33.7 Å². The topological polar surface area (TPSA) is 49.9 Å². The number of hydrogen-bond acceptors (Lipinski definition) is 2. The van der Waals surface area contributed by atoms with Gasteiger partial charge in [0.1, 0.15) is 0 Å². The predicted molar refractivity (Wildman–Crippen MR) is 78.7 cm³/mol. The number of pyridine rings is 1. The summed E-state index contributed by atoms with van der Waals surface area (Å²) in [5, 5.41) is 0. The summed E-state index contributed by atoms with van der Waals surface area (Å²) < 4.78 is 11.8. The Morgan fingerprint density at radius 2 is 2.11 bits per heavy atom. The summed E-state index contributed by atoms with van der Waals surface area (Å²) in [6.45, 7) is 6.06. The number of H-pyrrole nitrogens is 1.